The number of hydrogen-bond acceptors (Lipinski definition) is 4. The van der Waals surface area contributed by atoms with Gasteiger partial charge in [-0.3, -0.25) is 4.79 Å². The van der Waals surface area contributed by atoms with Crippen LogP contribution in [0.1, 0.15) is 20.8 Å². The molecule has 5 nitrogen and oxygen atoms in total. The number of morpholine rings is 1. The van der Waals surface area contributed by atoms with Crippen LogP contribution in [0, 0.1) is 5.41 Å². The van der Waals surface area contributed by atoms with Crippen LogP contribution in [-0.4, -0.2) is 56.2 Å². The van der Waals surface area contributed by atoms with Crippen molar-refractivity contribution in [3.63, 3.8) is 0 Å². The lowest BCUT2D eigenvalue weighted by Gasteiger charge is -2.35. The molecule has 5 heteroatoms. The molecule has 1 aliphatic heterocycles. The molecule has 0 aromatic heterocycles. The van der Waals surface area contributed by atoms with Crippen LogP contribution in [-0.2, 0) is 9.53 Å². The average molecular weight is 243 g/mol. The highest BCUT2D eigenvalue weighted by Gasteiger charge is 2.32. The highest BCUT2D eigenvalue weighted by atomic mass is 16.5. The first-order valence-electron chi connectivity index (χ1n) is 6.17. The Morgan fingerprint density at radius 2 is 2.24 bits per heavy atom. The molecule has 0 saturated carbocycles. The van der Waals surface area contributed by atoms with E-state index in [0.717, 1.165) is 6.54 Å². The Bertz CT molecular complexity index is 268. The Morgan fingerprint density at radius 1 is 1.59 bits per heavy atom. The second-order valence-electron chi connectivity index (χ2n) is 5.57. The topological polar surface area (TPSA) is 67.6 Å². The van der Waals surface area contributed by atoms with E-state index in [9.17, 15) is 4.79 Å². The molecule has 0 unspecified atom stereocenters. The van der Waals surface area contributed by atoms with E-state index in [-0.39, 0.29) is 23.5 Å². The van der Waals surface area contributed by atoms with E-state index in [4.69, 9.17) is 10.5 Å². The van der Waals surface area contributed by atoms with Crippen molar-refractivity contribution >= 4 is 5.91 Å². The summed E-state index contributed by atoms with van der Waals surface area (Å²) >= 11 is 0. The van der Waals surface area contributed by atoms with Crippen LogP contribution in [0.15, 0.2) is 0 Å². The van der Waals surface area contributed by atoms with Crippen molar-refractivity contribution < 1.29 is 9.53 Å². The molecule has 1 saturated heterocycles. The van der Waals surface area contributed by atoms with Gasteiger partial charge in [0.1, 0.15) is 6.04 Å². The Balaban J connectivity index is 2.56. The molecule has 1 rings (SSSR count). The van der Waals surface area contributed by atoms with Gasteiger partial charge in [0.25, 0.3) is 0 Å². The summed E-state index contributed by atoms with van der Waals surface area (Å²) in [4.78, 5) is 14.0. The molecule has 0 spiro atoms. The minimum Gasteiger partial charge on any atom is -0.375 e. The molecule has 1 aliphatic rings. The van der Waals surface area contributed by atoms with Crippen LogP contribution in [0.3, 0.4) is 0 Å². The van der Waals surface area contributed by atoms with E-state index >= 15 is 0 Å². The van der Waals surface area contributed by atoms with Gasteiger partial charge in [0, 0.05) is 20.1 Å². The van der Waals surface area contributed by atoms with Gasteiger partial charge in [-0.1, -0.05) is 13.8 Å². The van der Waals surface area contributed by atoms with Crippen molar-refractivity contribution in [3.05, 3.63) is 0 Å². The maximum Gasteiger partial charge on any atom is 0.242 e. The number of nitrogens with one attached hydrogen (secondary N) is 1. The molecule has 2 atom stereocenters. The monoisotopic (exact) mass is 243 g/mol. The van der Waals surface area contributed by atoms with Crippen molar-refractivity contribution in [3.8, 4) is 0 Å². The maximum absolute atomic E-state index is 12.2. The number of carbonyl (C=O) groups excluding carboxylic acids is 1. The minimum atomic E-state index is -0.234. The number of nitrogens with two attached hydrogens (primary N) is 1. The smallest absolute Gasteiger partial charge is 0.242 e. The van der Waals surface area contributed by atoms with E-state index in [1.54, 1.807) is 4.90 Å². The molecule has 0 bridgehead atoms. The van der Waals surface area contributed by atoms with E-state index in [1.807, 2.05) is 14.0 Å². The number of hydrogen-bond donors (Lipinski definition) is 2. The summed E-state index contributed by atoms with van der Waals surface area (Å²) in [6.07, 6.45) is -0.0697. The average Bonchev–Trinajstić information content (AvgIpc) is 2.28. The van der Waals surface area contributed by atoms with Gasteiger partial charge in [0.15, 0.2) is 0 Å². The Kier molecular flexibility index (Phi) is 4.91. The zero-order chi connectivity index (χ0) is 13.1. The van der Waals surface area contributed by atoms with Gasteiger partial charge in [-0.2, -0.15) is 0 Å². The molecule has 100 valence electrons. The molecule has 1 amide bonds. The van der Waals surface area contributed by atoms with Gasteiger partial charge in [-0.25, -0.2) is 0 Å². The number of carbonyl (C=O) groups is 1. The fourth-order valence-electron chi connectivity index (χ4n) is 2.03. The van der Waals surface area contributed by atoms with E-state index in [2.05, 4.69) is 19.2 Å². The van der Waals surface area contributed by atoms with Crippen LogP contribution in [0.25, 0.3) is 0 Å². The highest BCUT2D eigenvalue weighted by molar-refractivity contribution is 5.82. The first kappa shape index (κ1) is 14.4. The van der Waals surface area contributed by atoms with Gasteiger partial charge in [-0.15, -0.1) is 0 Å². The fraction of sp³-hybridized carbons (Fsp3) is 0.917. The standard InChI is InChI=1S/C12H25N3O2/c1-9-10(14-5-6-17-9)11(16)15(4)8-12(2,3)7-13/h9-10,14H,5-8,13H2,1-4H3/t9-,10+/m1/s1. The molecular formula is C12H25N3O2. The van der Waals surface area contributed by atoms with Gasteiger partial charge in [0.05, 0.1) is 12.7 Å². The third-order valence-electron chi connectivity index (χ3n) is 3.18. The van der Waals surface area contributed by atoms with Crippen molar-refractivity contribution in [2.75, 3.05) is 33.3 Å². The SMILES string of the molecule is C[C@H]1OCCN[C@@H]1C(=O)N(C)CC(C)(C)CN. The lowest BCUT2D eigenvalue weighted by molar-refractivity contribution is -0.139. The molecule has 1 heterocycles. The number of amides is 1. The third kappa shape index (κ3) is 3.94. The van der Waals surface area contributed by atoms with Gasteiger partial charge in [0.2, 0.25) is 5.91 Å². The molecule has 17 heavy (non-hydrogen) atoms. The quantitative estimate of drug-likeness (QED) is 0.718. The second kappa shape index (κ2) is 5.80. The largest absolute Gasteiger partial charge is 0.375 e. The first-order valence-corrected chi connectivity index (χ1v) is 6.17. The summed E-state index contributed by atoms with van der Waals surface area (Å²) in [6.45, 7) is 8.67. The predicted octanol–water partition coefficient (Wildman–Crippen LogP) is -0.193. The third-order valence-corrected chi connectivity index (χ3v) is 3.18. The molecule has 0 aromatic carbocycles. The first-order chi connectivity index (χ1) is 7.87. The van der Waals surface area contributed by atoms with Crippen molar-refractivity contribution in [1.82, 2.24) is 10.2 Å². The molecular weight excluding hydrogens is 218 g/mol. The Hall–Kier alpha value is -0.650. The fourth-order valence-corrected chi connectivity index (χ4v) is 2.03. The predicted molar refractivity (Wildman–Crippen MR) is 67.7 cm³/mol. The lowest BCUT2D eigenvalue weighted by atomic mass is 9.93. The summed E-state index contributed by atoms with van der Waals surface area (Å²) in [7, 11) is 1.82. The van der Waals surface area contributed by atoms with Crippen LogP contribution in [0.5, 0.6) is 0 Å². The second-order valence-corrected chi connectivity index (χ2v) is 5.57. The summed E-state index contributed by atoms with van der Waals surface area (Å²) in [5, 5.41) is 3.21. The van der Waals surface area contributed by atoms with Gasteiger partial charge >= 0.3 is 0 Å². The van der Waals surface area contributed by atoms with Crippen molar-refractivity contribution in [1.29, 1.82) is 0 Å². The number of likely N-dealkylation sites (N-methyl/N-ethyl adjacent to an activating group) is 1. The minimum absolute atomic E-state index is 0.0524. The zero-order valence-corrected chi connectivity index (χ0v) is 11.3. The zero-order valence-electron chi connectivity index (χ0n) is 11.3. The summed E-state index contributed by atoms with van der Waals surface area (Å²) in [5.41, 5.74) is 5.63. The van der Waals surface area contributed by atoms with Crippen LogP contribution >= 0.6 is 0 Å². The summed E-state index contributed by atoms with van der Waals surface area (Å²) in [6, 6.07) is -0.234. The van der Waals surface area contributed by atoms with Crippen molar-refractivity contribution in [2.24, 2.45) is 11.1 Å². The van der Waals surface area contributed by atoms with Gasteiger partial charge in [-0.05, 0) is 18.9 Å². The van der Waals surface area contributed by atoms with Crippen LogP contribution < -0.4 is 11.1 Å². The normalized spacial score (nSPS) is 25.7. The van der Waals surface area contributed by atoms with E-state index in [1.165, 1.54) is 0 Å². The molecule has 1 fully saturated rings. The van der Waals surface area contributed by atoms with E-state index in [0.29, 0.717) is 19.7 Å². The summed E-state index contributed by atoms with van der Waals surface area (Å²) in [5.74, 6) is 0.0822. The number of rotatable bonds is 4. The Labute approximate surface area is 104 Å². The molecule has 0 aliphatic carbocycles. The van der Waals surface area contributed by atoms with Gasteiger partial charge < -0.3 is 20.7 Å². The highest BCUT2D eigenvalue weighted by Crippen LogP contribution is 2.15. The van der Waals surface area contributed by atoms with Crippen LogP contribution in [0.2, 0.25) is 0 Å². The maximum atomic E-state index is 12.2. The molecule has 3 N–H and O–H groups in total. The summed E-state index contributed by atoms with van der Waals surface area (Å²) < 4.78 is 5.48. The van der Waals surface area contributed by atoms with Crippen molar-refractivity contribution in [2.45, 2.75) is 32.9 Å². The molecule has 0 aromatic rings. The number of nitrogens with zero attached hydrogens (tertiary/aromatic N) is 1. The Morgan fingerprint density at radius 3 is 2.76 bits per heavy atom. The number of ether oxygens (including phenoxy) is 1. The van der Waals surface area contributed by atoms with E-state index < -0.39 is 0 Å². The van der Waals surface area contributed by atoms with Crippen LogP contribution in [0.4, 0.5) is 0 Å². The lowest BCUT2D eigenvalue weighted by Crippen LogP contribution is -2.57. The molecule has 0 radical (unpaired) electrons.